The molecule has 1 aliphatic heterocycles. The zero-order valence-corrected chi connectivity index (χ0v) is 23.0. The van der Waals surface area contributed by atoms with Crippen LogP contribution in [-0.2, 0) is 15.0 Å². The van der Waals surface area contributed by atoms with E-state index in [1.807, 2.05) is 40.7 Å². The zero-order valence-electron chi connectivity index (χ0n) is 22.2. The van der Waals surface area contributed by atoms with Crippen molar-refractivity contribution in [1.82, 2.24) is 0 Å². The number of carbonyl (C=O) groups excluding carboxylic acids is 2. The summed E-state index contributed by atoms with van der Waals surface area (Å²) in [6, 6.07) is 18.3. The molecule has 1 atom stereocenters. The van der Waals surface area contributed by atoms with Gasteiger partial charge in [-0.25, -0.2) is 0 Å². The maximum absolute atomic E-state index is 13.5. The number of anilines is 1. The maximum atomic E-state index is 13.5. The van der Waals surface area contributed by atoms with Crippen molar-refractivity contribution in [2.24, 2.45) is 0 Å². The van der Waals surface area contributed by atoms with Crippen LogP contribution >= 0.6 is 11.6 Å². The summed E-state index contributed by atoms with van der Waals surface area (Å²) in [6.45, 7) is 11.0. The van der Waals surface area contributed by atoms with E-state index in [1.165, 1.54) is 4.90 Å². The van der Waals surface area contributed by atoms with Crippen molar-refractivity contribution in [2.75, 3.05) is 18.1 Å². The first-order valence-corrected chi connectivity index (χ1v) is 13.0. The maximum Gasteiger partial charge on any atom is 0.300 e. The monoisotopic (exact) mass is 533 g/mol. The fourth-order valence-electron chi connectivity index (χ4n) is 4.63. The first-order valence-electron chi connectivity index (χ1n) is 12.6. The van der Waals surface area contributed by atoms with E-state index >= 15 is 0 Å². The van der Waals surface area contributed by atoms with Crippen molar-refractivity contribution in [3.05, 3.63) is 94.0 Å². The van der Waals surface area contributed by atoms with Gasteiger partial charge in [-0.15, -0.1) is 0 Å². The number of hydrogen-bond acceptors (Lipinski definition) is 5. The highest BCUT2D eigenvalue weighted by atomic mass is 35.5. The van der Waals surface area contributed by atoms with E-state index < -0.39 is 17.7 Å². The molecule has 1 unspecified atom stereocenters. The van der Waals surface area contributed by atoms with E-state index in [0.29, 0.717) is 46.5 Å². The molecule has 1 heterocycles. The largest absolute Gasteiger partial charge is 0.507 e. The number of carbonyl (C=O) groups is 2. The van der Waals surface area contributed by atoms with Crippen molar-refractivity contribution in [3.8, 4) is 11.5 Å². The number of halogens is 1. The van der Waals surface area contributed by atoms with Gasteiger partial charge in [-0.05, 0) is 79.4 Å². The minimum absolute atomic E-state index is 0.0122. The van der Waals surface area contributed by atoms with E-state index in [0.717, 1.165) is 5.56 Å². The molecule has 1 fully saturated rings. The summed E-state index contributed by atoms with van der Waals surface area (Å²) in [5, 5.41) is 12.1. The molecule has 38 heavy (non-hydrogen) atoms. The predicted molar refractivity (Wildman–Crippen MR) is 150 cm³/mol. The van der Waals surface area contributed by atoms with Gasteiger partial charge < -0.3 is 14.6 Å². The van der Waals surface area contributed by atoms with Crippen LogP contribution in [-0.4, -0.2) is 30.0 Å². The molecule has 198 valence electrons. The number of Topliss-reactive ketones (excluding diaryl/α,β-unsaturated/α-hetero) is 1. The lowest BCUT2D eigenvalue weighted by molar-refractivity contribution is -0.132. The lowest BCUT2D eigenvalue weighted by atomic mass is 9.84. The third-order valence-corrected chi connectivity index (χ3v) is 6.67. The van der Waals surface area contributed by atoms with Crippen LogP contribution in [0.2, 0.25) is 5.02 Å². The van der Waals surface area contributed by atoms with Gasteiger partial charge in [0, 0.05) is 21.8 Å². The zero-order chi connectivity index (χ0) is 27.6. The lowest BCUT2D eigenvalue weighted by Gasteiger charge is -2.26. The third kappa shape index (κ3) is 5.27. The Labute approximate surface area is 228 Å². The summed E-state index contributed by atoms with van der Waals surface area (Å²) in [5.41, 5.74) is 2.20. The van der Waals surface area contributed by atoms with Crippen molar-refractivity contribution < 1.29 is 24.2 Å². The molecule has 1 amide bonds. The molecular formula is C31H32ClNO5. The second kappa shape index (κ2) is 10.9. The molecule has 1 saturated heterocycles. The molecule has 1 N–H and O–H groups in total. The second-order valence-electron chi connectivity index (χ2n) is 10.0. The number of amides is 1. The van der Waals surface area contributed by atoms with Gasteiger partial charge in [0.15, 0.2) is 0 Å². The Morgan fingerprint density at radius 2 is 1.55 bits per heavy atom. The van der Waals surface area contributed by atoms with Gasteiger partial charge in [-0.3, -0.25) is 14.5 Å². The van der Waals surface area contributed by atoms with E-state index in [4.69, 9.17) is 21.1 Å². The summed E-state index contributed by atoms with van der Waals surface area (Å²) in [6.07, 6.45) is 0. The van der Waals surface area contributed by atoms with Gasteiger partial charge in [0.1, 0.15) is 17.3 Å². The first kappa shape index (κ1) is 27.3. The summed E-state index contributed by atoms with van der Waals surface area (Å²) < 4.78 is 11.4. The van der Waals surface area contributed by atoms with Crippen molar-refractivity contribution in [3.63, 3.8) is 0 Å². The van der Waals surface area contributed by atoms with E-state index in [2.05, 4.69) is 0 Å². The molecule has 6 nitrogen and oxygen atoms in total. The van der Waals surface area contributed by atoms with Crippen LogP contribution < -0.4 is 14.4 Å². The molecule has 0 spiro atoms. The highest BCUT2D eigenvalue weighted by Crippen LogP contribution is 2.43. The molecule has 3 aromatic carbocycles. The third-order valence-electron chi connectivity index (χ3n) is 6.42. The van der Waals surface area contributed by atoms with E-state index in [1.54, 1.807) is 60.7 Å². The minimum atomic E-state index is -0.850. The summed E-state index contributed by atoms with van der Waals surface area (Å²) in [4.78, 5) is 28.3. The molecule has 0 bridgehead atoms. The Balaban J connectivity index is 1.92. The van der Waals surface area contributed by atoms with Crippen LogP contribution in [0.5, 0.6) is 11.5 Å². The fraction of sp³-hybridized carbons (Fsp3) is 0.290. The van der Waals surface area contributed by atoms with Gasteiger partial charge >= 0.3 is 0 Å². The normalized spacial score (nSPS) is 17.1. The Morgan fingerprint density at radius 3 is 2.13 bits per heavy atom. The van der Waals surface area contributed by atoms with Gasteiger partial charge in [-0.2, -0.15) is 0 Å². The van der Waals surface area contributed by atoms with Gasteiger partial charge in [0.2, 0.25) is 0 Å². The molecular weight excluding hydrogens is 502 g/mol. The van der Waals surface area contributed by atoms with E-state index in [-0.39, 0.29) is 16.7 Å². The van der Waals surface area contributed by atoms with Crippen molar-refractivity contribution in [1.29, 1.82) is 0 Å². The second-order valence-corrected chi connectivity index (χ2v) is 10.5. The van der Waals surface area contributed by atoms with Gasteiger partial charge in [-0.1, -0.05) is 44.5 Å². The molecule has 0 saturated carbocycles. The standard InChI is InChI=1S/C31H32ClNO5/c1-6-37-23-15-8-19(9-16-23)27-26(29(35)30(36)33(27)22-13-11-21(32)12-14-22)28(34)20-10-17-25(38-7-2)24(18-20)31(3,4)5/h8-18,27,34H,6-7H2,1-5H3/b28-26-. The number of ether oxygens (including phenoxy) is 2. The van der Waals surface area contributed by atoms with Gasteiger partial charge in [0.05, 0.1) is 24.8 Å². The smallest absolute Gasteiger partial charge is 0.300 e. The Morgan fingerprint density at radius 1 is 0.921 bits per heavy atom. The van der Waals surface area contributed by atoms with Crippen LogP contribution in [0.3, 0.4) is 0 Å². The summed E-state index contributed by atoms with van der Waals surface area (Å²) in [7, 11) is 0. The van der Waals surface area contributed by atoms with Gasteiger partial charge in [0.25, 0.3) is 11.7 Å². The Bertz CT molecular complexity index is 1370. The van der Waals surface area contributed by atoms with Crippen molar-refractivity contribution >= 4 is 34.7 Å². The van der Waals surface area contributed by atoms with Crippen molar-refractivity contribution in [2.45, 2.75) is 46.1 Å². The minimum Gasteiger partial charge on any atom is -0.507 e. The molecule has 0 radical (unpaired) electrons. The SMILES string of the molecule is CCOc1ccc(C2/C(=C(/O)c3ccc(OCC)c(C(C)(C)C)c3)C(=O)C(=O)N2c2ccc(Cl)cc2)cc1. The molecule has 4 rings (SSSR count). The summed E-state index contributed by atoms with van der Waals surface area (Å²) in [5.74, 6) is -0.355. The number of ketones is 1. The number of aliphatic hydroxyl groups excluding tert-OH is 1. The number of hydrogen-bond donors (Lipinski definition) is 1. The number of benzene rings is 3. The molecule has 3 aromatic rings. The summed E-state index contributed by atoms with van der Waals surface area (Å²) >= 11 is 6.09. The lowest BCUT2D eigenvalue weighted by Crippen LogP contribution is -2.29. The highest BCUT2D eigenvalue weighted by Gasteiger charge is 2.47. The number of aliphatic hydroxyl groups is 1. The van der Waals surface area contributed by atoms with Crippen LogP contribution in [0.15, 0.2) is 72.3 Å². The van der Waals surface area contributed by atoms with Crippen LogP contribution in [0.25, 0.3) is 5.76 Å². The Hall–Kier alpha value is -3.77. The highest BCUT2D eigenvalue weighted by molar-refractivity contribution is 6.51. The fourth-order valence-corrected chi connectivity index (χ4v) is 4.76. The quantitative estimate of drug-likeness (QED) is 0.200. The average Bonchev–Trinajstić information content (AvgIpc) is 3.15. The average molecular weight is 534 g/mol. The van der Waals surface area contributed by atoms with E-state index in [9.17, 15) is 14.7 Å². The Kier molecular flexibility index (Phi) is 7.83. The first-order chi connectivity index (χ1) is 18.1. The number of rotatable bonds is 7. The molecule has 7 heteroatoms. The number of nitrogens with zero attached hydrogens (tertiary/aromatic N) is 1. The van der Waals surface area contributed by atoms with Crippen LogP contribution in [0.4, 0.5) is 5.69 Å². The molecule has 0 aliphatic carbocycles. The molecule has 1 aliphatic rings. The van der Waals surface area contributed by atoms with Crippen LogP contribution in [0, 0.1) is 0 Å². The van der Waals surface area contributed by atoms with Crippen LogP contribution in [0.1, 0.15) is 57.4 Å². The topological polar surface area (TPSA) is 76.1 Å². The molecule has 0 aromatic heterocycles. The predicted octanol–water partition coefficient (Wildman–Crippen LogP) is 7.06.